The summed E-state index contributed by atoms with van der Waals surface area (Å²) in [5.74, 6) is -3.19. The Kier molecular flexibility index (Phi) is 5.41. The molecule has 2 saturated carbocycles. The third kappa shape index (κ3) is 4.28. The maximum atomic E-state index is 14.0. The van der Waals surface area contributed by atoms with Crippen LogP contribution in [0.5, 0.6) is 0 Å². The average molecular weight is 337 g/mol. The molecule has 0 aromatic carbocycles. The van der Waals surface area contributed by atoms with E-state index in [9.17, 15) is 13.6 Å². The number of rotatable bonds is 3. The van der Waals surface area contributed by atoms with Gasteiger partial charge in [0.05, 0.1) is 18.1 Å². The van der Waals surface area contributed by atoms with Crippen LogP contribution in [0.3, 0.4) is 0 Å². The molecule has 1 amide bonds. The molecule has 2 atom stereocenters. The molecule has 0 radical (unpaired) electrons. The number of aromatic nitrogens is 2. The number of halogens is 2. The first kappa shape index (κ1) is 17.2. The Labute approximate surface area is 141 Å². The zero-order valence-electron chi connectivity index (χ0n) is 13.9. The predicted molar refractivity (Wildman–Crippen MR) is 87.6 cm³/mol. The number of carbonyl (C=O) groups is 1. The molecule has 0 bridgehead atoms. The maximum Gasteiger partial charge on any atom is 0.248 e. The fourth-order valence-electron chi connectivity index (χ4n) is 4.34. The van der Waals surface area contributed by atoms with Crippen molar-refractivity contribution in [3.05, 3.63) is 18.5 Å². The van der Waals surface area contributed by atoms with Crippen molar-refractivity contribution < 1.29 is 13.6 Å². The van der Waals surface area contributed by atoms with E-state index < -0.39 is 11.8 Å². The van der Waals surface area contributed by atoms with Crippen LogP contribution in [0.4, 0.5) is 14.5 Å². The van der Waals surface area contributed by atoms with E-state index in [-0.39, 0.29) is 24.7 Å². The molecule has 132 valence electrons. The number of hydrogen-bond donors (Lipinski definition) is 1. The van der Waals surface area contributed by atoms with Crippen LogP contribution >= 0.6 is 0 Å². The van der Waals surface area contributed by atoms with E-state index >= 15 is 0 Å². The second-order valence-electron chi connectivity index (χ2n) is 7.24. The second kappa shape index (κ2) is 7.53. The second-order valence-corrected chi connectivity index (χ2v) is 7.24. The Bertz CT molecular complexity index is 544. The number of amides is 1. The molecule has 24 heavy (non-hydrogen) atoms. The molecule has 1 aromatic rings. The topological polar surface area (TPSA) is 54.9 Å². The minimum Gasteiger partial charge on any atom is -0.324 e. The van der Waals surface area contributed by atoms with E-state index in [1.807, 2.05) is 0 Å². The highest BCUT2D eigenvalue weighted by molar-refractivity contribution is 5.92. The van der Waals surface area contributed by atoms with E-state index in [2.05, 4.69) is 15.5 Å². The minimum atomic E-state index is -2.74. The van der Waals surface area contributed by atoms with Crippen molar-refractivity contribution in [3.63, 3.8) is 0 Å². The van der Waals surface area contributed by atoms with Crippen LogP contribution < -0.4 is 5.32 Å². The molecule has 0 spiro atoms. The van der Waals surface area contributed by atoms with Crippen LogP contribution in [0, 0.1) is 17.8 Å². The summed E-state index contributed by atoms with van der Waals surface area (Å²) in [7, 11) is 0. The summed E-state index contributed by atoms with van der Waals surface area (Å²) in [4.78, 5) is 12.7. The van der Waals surface area contributed by atoms with Gasteiger partial charge in [-0.15, -0.1) is 0 Å². The largest absolute Gasteiger partial charge is 0.324 e. The highest BCUT2D eigenvalue weighted by Gasteiger charge is 2.46. The third-order valence-corrected chi connectivity index (χ3v) is 5.57. The van der Waals surface area contributed by atoms with Crippen LogP contribution in [-0.4, -0.2) is 22.0 Å². The van der Waals surface area contributed by atoms with Gasteiger partial charge in [0.15, 0.2) is 0 Å². The number of hydrogen-bond acceptors (Lipinski definition) is 3. The summed E-state index contributed by atoms with van der Waals surface area (Å²) in [6.45, 7) is 0. The molecule has 6 heteroatoms. The molecular weight excluding hydrogens is 312 g/mol. The first-order chi connectivity index (χ1) is 11.6. The monoisotopic (exact) mass is 337 g/mol. The Morgan fingerprint density at radius 3 is 2.54 bits per heavy atom. The van der Waals surface area contributed by atoms with Crippen molar-refractivity contribution in [1.82, 2.24) is 10.2 Å². The predicted octanol–water partition coefficient (Wildman–Crippen LogP) is 4.44. The Morgan fingerprint density at radius 1 is 1.12 bits per heavy atom. The Hall–Kier alpha value is -1.59. The lowest BCUT2D eigenvalue weighted by Gasteiger charge is -2.39. The highest BCUT2D eigenvalue weighted by atomic mass is 19.3. The van der Waals surface area contributed by atoms with Gasteiger partial charge in [-0.1, -0.05) is 38.5 Å². The van der Waals surface area contributed by atoms with Gasteiger partial charge in [-0.2, -0.15) is 10.2 Å². The molecule has 2 aliphatic carbocycles. The third-order valence-electron chi connectivity index (χ3n) is 5.57. The van der Waals surface area contributed by atoms with Gasteiger partial charge < -0.3 is 5.32 Å². The molecule has 4 nitrogen and oxygen atoms in total. The Balaban J connectivity index is 1.74. The van der Waals surface area contributed by atoms with Gasteiger partial charge >= 0.3 is 0 Å². The first-order valence-electron chi connectivity index (χ1n) is 9.00. The standard InChI is InChI=1S/C18H25F2N3O/c19-18(20)9-7-15(13-5-3-1-2-4-6-13)16(11-18)17(24)23-14-8-10-21-22-12-14/h8,10,12-13,15-16H,1-7,9,11H2,(H,21,23,24). The quantitative estimate of drug-likeness (QED) is 0.830. The molecule has 2 fully saturated rings. The highest BCUT2D eigenvalue weighted by Crippen LogP contribution is 2.46. The SMILES string of the molecule is O=C(Nc1ccnnc1)C1CC(F)(F)CCC1C1CCCCCC1. The molecular formula is C18H25F2N3O. The molecule has 0 saturated heterocycles. The fourth-order valence-corrected chi connectivity index (χ4v) is 4.34. The van der Waals surface area contributed by atoms with Gasteiger partial charge in [-0.25, -0.2) is 8.78 Å². The molecule has 3 rings (SSSR count). The first-order valence-corrected chi connectivity index (χ1v) is 9.00. The number of nitrogens with one attached hydrogen (secondary N) is 1. The molecule has 1 heterocycles. The normalized spacial score (nSPS) is 28.1. The molecule has 2 unspecified atom stereocenters. The van der Waals surface area contributed by atoms with Gasteiger partial charge in [0.25, 0.3) is 0 Å². The van der Waals surface area contributed by atoms with E-state index in [1.54, 1.807) is 6.07 Å². The van der Waals surface area contributed by atoms with Crippen LogP contribution in [-0.2, 0) is 4.79 Å². The number of alkyl halides is 2. The number of carbonyl (C=O) groups excluding carboxylic acids is 1. The van der Waals surface area contributed by atoms with Crippen molar-refractivity contribution >= 4 is 11.6 Å². The number of nitrogens with zero attached hydrogens (tertiary/aromatic N) is 2. The molecule has 2 aliphatic rings. The summed E-state index contributed by atoms with van der Waals surface area (Å²) in [6, 6.07) is 1.63. The number of anilines is 1. The lowest BCUT2D eigenvalue weighted by atomic mass is 9.68. The van der Waals surface area contributed by atoms with Gasteiger partial charge in [0.1, 0.15) is 0 Å². The zero-order chi connectivity index (χ0) is 17.0. The van der Waals surface area contributed by atoms with Gasteiger partial charge in [0, 0.05) is 18.8 Å². The van der Waals surface area contributed by atoms with E-state index in [0.717, 1.165) is 25.7 Å². The molecule has 1 N–H and O–H groups in total. The Morgan fingerprint density at radius 2 is 1.88 bits per heavy atom. The molecule has 1 aromatic heterocycles. The van der Waals surface area contributed by atoms with Crippen LogP contribution in [0.2, 0.25) is 0 Å². The molecule has 0 aliphatic heterocycles. The maximum absolute atomic E-state index is 14.0. The summed E-state index contributed by atoms with van der Waals surface area (Å²) in [5, 5.41) is 10.1. The summed E-state index contributed by atoms with van der Waals surface area (Å²) in [6.07, 6.45) is 9.83. The van der Waals surface area contributed by atoms with Crippen molar-refractivity contribution in [2.45, 2.75) is 63.7 Å². The summed E-state index contributed by atoms with van der Waals surface area (Å²) >= 11 is 0. The van der Waals surface area contributed by atoms with Crippen molar-refractivity contribution in [1.29, 1.82) is 0 Å². The van der Waals surface area contributed by atoms with E-state index in [1.165, 1.54) is 25.2 Å². The van der Waals surface area contributed by atoms with Crippen molar-refractivity contribution in [3.8, 4) is 0 Å². The van der Waals surface area contributed by atoms with Crippen LogP contribution in [0.25, 0.3) is 0 Å². The minimum absolute atomic E-state index is 0.0671. The lowest BCUT2D eigenvalue weighted by Crippen LogP contribution is -2.42. The van der Waals surface area contributed by atoms with Crippen LogP contribution in [0.1, 0.15) is 57.8 Å². The fraction of sp³-hybridized carbons (Fsp3) is 0.722. The summed E-state index contributed by atoms with van der Waals surface area (Å²) < 4.78 is 27.9. The smallest absolute Gasteiger partial charge is 0.248 e. The van der Waals surface area contributed by atoms with E-state index in [4.69, 9.17) is 0 Å². The van der Waals surface area contributed by atoms with Gasteiger partial charge in [0.2, 0.25) is 11.8 Å². The summed E-state index contributed by atoms with van der Waals surface area (Å²) in [5.41, 5.74) is 0.517. The average Bonchev–Trinajstić information content (AvgIpc) is 2.84. The van der Waals surface area contributed by atoms with Gasteiger partial charge in [-0.3, -0.25) is 4.79 Å². The van der Waals surface area contributed by atoms with Gasteiger partial charge in [-0.05, 0) is 24.3 Å². The van der Waals surface area contributed by atoms with E-state index in [0.29, 0.717) is 18.0 Å². The lowest BCUT2D eigenvalue weighted by molar-refractivity contribution is -0.134. The zero-order valence-corrected chi connectivity index (χ0v) is 13.9. The van der Waals surface area contributed by atoms with Crippen LogP contribution in [0.15, 0.2) is 18.5 Å². The van der Waals surface area contributed by atoms with Crippen molar-refractivity contribution in [2.75, 3.05) is 5.32 Å². The van der Waals surface area contributed by atoms with Crippen molar-refractivity contribution in [2.24, 2.45) is 17.8 Å².